The van der Waals surface area contributed by atoms with Gasteiger partial charge in [-0.2, -0.15) is 0 Å². The van der Waals surface area contributed by atoms with Gasteiger partial charge in [-0.1, -0.05) is 115 Å². The second kappa shape index (κ2) is 18.2. The minimum Gasteiger partial charge on any atom is -0.427 e. The lowest BCUT2D eigenvalue weighted by Gasteiger charge is -2.08. The molecule has 3 heteroatoms. The van der Waals surface area contributed by atoms with Crippen molar-refractivity contribution in [3.05, 3.63) is 54.6 Å². The summed E-state index contributed by atoms with van der Waals surface area (Å²) in [4.78, 5) is 12.1. The average Bonchev–Trinajstić information content (AvgIpc) is 2.83. The maximum atomic E-state index is 12.1. The molecule has 0 aliphatic rings. The number of benzene rings is 2. The second-order valence-corrected chi connectivity index (χ2v) is 9.19. The lowest BCUT2D eigenvalue weighted by atomic mass is 10.0. The highest BCUT2D eigenvalue weighted by Crippen LogP contribution is 2.20. The van der Waals surface area contributed by atoms with Gasteiger partial charge < -0.3 is 10.1 Å². The summed E-state index contributed by atoms with van der Waals surface area (Å²) < 4.78 is 5.47. The molecule has 0 aliphatic heterocycles. The highest BCUT2D eigenvalue weighted by Gasteiger charge is 2.05. The van der Waals surface area contributed by atoms with E-state index in [2.05, 4.69) is 12.2 Å². The number of carbonyl (C=O) groups is 1. The van der Waals surface area contributed by atoms with E-state index in [4.69, 9.17) is 4.74 Å². The first kappa shape index (κ1) is 27.0. The Labute approximate surface area is 202 Å². The fourth-order valence-corrected chi connectivity index (χ4v) is 4.12. The topological polar surface area (TPSA) is 38.3 Å². The zero-order valence-corrected chi connectivity index (χ0v) is 20.8. The number of anilines is 2. The Morgan fingerprint density at radius 2 is 1.06 bits per heavy atom. The Balaban J connectivity index is 1.41. The van der Waals surface area contributed by atoms with Crippen LogP contribution in [0, 0.1) is 0 Å². The molecule has 0 aliphatic carbocycles. The Hall–Kier alpha value is -2.29. The van der Waals surface area contributed by atoms with Gasteiger partial charge in [-0.05, 0) is 42.8 Å². The molecular weight excluding hydrogens is 406 g/mol. The number of ether oxygens (including phenoxy) is 1. The van der Waals surface area contributed by atoms with E-state index in [9.17, 15) is 4.79 Å². The molecule has 33 heavy (non-hydrogen) atoms. The summed E-state index contributed by atoms with van der Waals surface area (Å²) in [6, 6.07) is 17.6. The molecule has 0 saturated carbocycles. The van der Waals surface area contributed by atoms with Gasteiger partial charge in [0.05, 0.1) is 0 Å². The van der Waals surface area contributed by atoms with Gasteiger partial charge in [0.2, 0.25) is 0 Å². The third-order valence-electron chi connectivity index (χ3n) is 6.13. The molecule has 2 aromatic rings. The van der Waals surface area contributed by atoms with Gasteiger partial charge in [0.15, 0.2) is 0 Å². The summed E-state index contributed by atoms with van der Waals surface area (Å²) in [5, 5.41) is 3.33. The molecule has 182 valence electrons. The highest BCUT2D eigenvalue weighted by atomic mass is 16.5. The zero-order chi connectivity index (χ0) is 23.4. The normalized spacial score (nSPS) is 10.8. The first-order valence-corrected chi connectivity index (χ1v) is 13.4. The molecule has 0 radical (unpaired) electrons. The minimum atomic E-state index is -0.131. The summed E-state index contributed by atoms with van der Waals surface area (Å²) in [6.07, 6.45) is 20.4. The third-order valence-corrected chi connectivity index (χ3v) is 6.13. The van der Waals surface area contributed by atoms with Crippen molar-refractivity contribution in [3.63, 3.8) is 0 Å². The number of unbranched alkanes of at least 4 members (excludes halogenated alkanes) is 14. The number of carbonyl (C=O) groups excluding carboxylic acids is 1. The molecule has 0 amide bonds. The van der Waals surface area contributed by atoms with Gasteiger partial charge >= 0.3 is 5.97 Å². The fraction of sp³-hybridized carbons (Fsp3) is 0.567. The number of esters is 1. The molecule has 2 rings (SSSR count). The predicted molar refractivity (Wildman–Crippen MR) is 141 cm³/mol. The van der Waals surface area contributed by atoms with Crippen LogP contribution in [0.15, 0.2) is 54.6 Å². The highest BCUT2D eigenvalue weighted by molar-refractivity contribution is 5.72. The van der Waals surface area contributed by atoms with Crippen LogP contribution >= 0.6 is 0 Å². The first-order valence-electron chi connectivity index (χ1n) is 13.4. The molecular formula is C30H45NO2. The van der Waals surface area contributed by atoms with Crippen LogP contribution in [0.1, 0.15) is 110 Å². The Bertz CT molecular complexity index is 727. The molecule has 0 fully saturated rings. The summed E-state index contributed by atoms with van der Waals surface area (Å²) in [6.45, 7) is 2.28. The number of rotatable bonds is 19. The van der Waals surface area contributed by atoms with E-state index in [1.54, 1.807) is 0 Å². The van der Waals surface area contributed by atoms with E-state index in [1.807, 2.05) is 54.6 Å². The third kappa shape index (κ3) is 13.8. The summed E-state index contributed by atoms with van der Waals surface area (Å²) >= 11 is 0. The van der Waals surface area contributed by atoms with Crippen molar-refractivity contribution in [2.45, 2.75) is 110 Å². The first-order chi connectivity index (χ1) is 16.3. The van der Waals surface area contributed by atoms with E-state index in [0.717, 1.165) is 24.2 Å². The van der Waals surface area contributed by atoms with Gasteiger partial charge in [-0.25, -0.2) is 0 Å². The van der Waals surface area contributed by atoms with Crippen molar-refractivity contribution in [2.75, 3.05) is 5.32 Å². The Morgan fingerprint density at radius 3 is 1.58 bits per heavy atom. The molecule has 0 saturated heterocycles. The molecule has 1 N–H and O–H groups in total. The molecule has 0 heterocycles. The Kier molecular flexibility index (Phi) is 14.8. The maximum Gasteiger partial charge on any atom is 0.311 e. The molecule has 3 nitrogen and oxygen atoms in total. The largest absolute Gasteiger partial charge is 0.427 e. The number of hydrogen-bond acceptors (Lipinski definition) is 3. The van der Waals surface area contributed by atoms with Crippen molar-refractivity contribution < 1.29 is 9.53 Å². The van der Waals surface area contributed by atoms with E-state index in [1.165, 1.54) is 83.5 Å². The monoisotopic (exact) mass is 451 g/mol. The van der Waals surface area contributed by atoms with E-state index >= 15 is 0 Å². The van der Waals surface area contributed by atoms with E-state index < -0.39 is 0 Å². The molecule has 0 spiro atoms. The van der Waals surface area contributed by atoms with Crippen molar-refractivity contribution in [2.24, 2.45) is 0 Å². The fourth-order valence-electron chi connectivity index (χ4n) is 4.12. The van der Waals surface area contributed by atoms with Gasteiger partial charge in [0, 0.05) is 17.8 Å². The van der Waals surface area contributed by atoms with Crippen molar-refractivity contribution >= 4 is 17.3 Å². The standard InChI is InChI=1S/C30H45NO2/c1-2-3-4-5-6-7-8-9-10-11-12-13-14-15-19-22-30(32)33-29-25-23-28(24-26-29)31-27-20-17-16-18-21-27/h16-18,20-21,23-26,31H,2-15,19,22H2,1H3. The summed E-state index contributed by atoms with van der Waals surface area (Å²) in [5.74, 6) is 0.480. The lowest BCUT2D eigenvalue weighted by molar-refractivity contribution is -0.134. The van der Waals surface area contributed by atoms with Crippen LogP contribution in [0.2, 0.25) is 0 Å². The number of hydrogen-bond donors (Lipinski definition) is 1. The van der Waals surface area contributed by atoms with Gasteiger partial charge in [0.25, 0.3) is 0 Å². The van der Waals surface area contributed by atoms with Crippen molar-refractivity contribution in [1.29, 1.82) is 0 Å². The molecule has 0 aromatic heterocycles. The lowest BCUT2D eigenvalue weighted by Crippen LogP contribution is -2.07. The van der Waals surface area contributed by atoms with Crippen LogP contribution < -0.4 is 10.1 Å². The smallest absolute Gasteiger partial charge is 0.311 e. The molecule has 0 atom stereocenters. The predicted octanol–water partition coefficient (Wildman–Crippen LogP) is 9.60. The van der Waals surface area contributed by atoms with Crippen LogP contribution in [0.5, 0.6) is 5.75 Å². The molecule has 0 unspecified atom stereocenters. The number of nitrogens with one attached hydrogen (secondary N) is 1. The van der Waals surface area contributed by atoms with Crippen LogP contribution in [0.3, 0.4) is 0 Å². The quantitative estimate of drug-likeness (QED) is 0.131. The van der Waals surface area contributed by atoms with Gasteiger partial charge in [0.1, 0.15) is 5.75 Å². The van der Waals surface area contributed by atoms with E-state index in [0.29, 0.717) is 12.2 Å². The van der Waals surface area contributed by atoms with Crippen LogP contribution in [-0.2, 0) is 4.79 Å². The Morgan fingerprint density at radius 1 is 0.606 bits per heavy atom. The van der Waals surface area contributed by atoms with Crippen LogP contribution in [0.25, 0.3) is 0 Å². The summed E-state index contributed by atoms with van der Waals surface area (Å²) in [5.41, 5.74) is 2.01. The van der Waals surface area contributed by atoms with Crippen LogP contribution in [-0.4, -0.2) is 5.97 Å². The van der Waals surface area contributed by atoms with Crippen molar-refractivity contribution in [1.82, 2.24) is 0 Å². The SMILES string of the molecule is CCCCCCCCCCCCCCCCCC(=O)Oc1ccc(Nc2ccccc2)cc1. The molecule has 2 aromatic carbocycles. The zero-order valence-electron chi connectivity index (χ0n) is 20.8. The van der Waals surface area contributed by atoms with Crippen molar-refractivity contribution in [3.8, 4) is 5.75 Å². The average molecular weight is 452 g/mol. The second-order valence-electron chi connectivity index (χ2n) is 9.19. The minimum absolute atomic E-state index is 0.131. The maximum absolute atomic E-state index is 12.1. The summed E-state index contributed by atoms with van der Waals surface area (Å²) in [7, 11) is 0. The molecule has 0 bridgehead atoms. The van der Waals surface area contributed by atoms with E-state index in [-0.39, 0.29) is 5.97 Å². The van der Waals surface area contributed by atoms with Crippen LogP contribution in [0.4, 0.5) is 11.4 Å². The number of para-hydroxylation sites is 1. The van der Waals surface area contributed by atoms with Gasteiger partial charge in [-0.3, -0.25) is 4.79 Å². The van der Waals surface area contributed by atoms with Gasteiger partial charge in [-0.15, -0.1) is 0 Å².